The fourth-order valence-electron chi connectivity index (χ4n) is 3.69. The van der Waals surface area contributed by atoms with Gasteiger partial charge in [0.05, 0.1) is 18.4 Å². The van der Waals surface area contributed by atoms with Crippen molar-refractivity contribution in [3.63, 3.8) is 0 Å². The lowest BCUT2D eigenvalue weighted by atomic mass is 9.98. The van der Waals surface area contributed by atoms with Gasteiger partial charge in [0.25, 0.3) is 5.91 Å². The highest BCUT2D eigenvalue weighted by Gasteiger charge is 2.33. The number of hydrogen-bond donors (Lipinski definition) is 0. The minimum atomic E-state index is -0.314. The van der Waals surface area contributed by atoms with Crippen LogP contribution < -0.4 is 9.47 Å². The van der Waals surface area contributed by atoms with Crippen LogP contribution >= 0.6 is 23.2 Å². The normalized spacial score (nSPS) is 15.1. The molecular weight excluding hydrogens is 475 g/mol. The molecule has 0 N–H and O–H groups in total. The minimum Gasteiger partial charge on any atom is -0.490 e. The molecule has 1 amide bonds. The van der Waals surface area contributed by atoms with Crippen molar-refractivity contribution in [3.05, 3.63) is 93.5 Å². The molecule has 0 saturated heterocycles. The lowest BCUT2D eigenvalue weighted by Crippen LogP contribution is -2.31. The summed E-state index contributed by atoms with van der Waals surface area (Å²) in [5.74, 6) is 0.469. The van der Waals surface area contributed by atoms with Crippen molar-refractivity contribution in [3.8, 4) is 11.5 Å². The standard InChI is InChI=1S/C26H22Cl2N2O4/c1-2-33-25-13-17(15-31)3-12-24(25)34-16-26(32)30-23(19-6-10-21(28)11-7-19)14-22(29-30)18-4-8-20(27)9-5-18/h3-13,15,23H,2,14,16H2,1H3. The van der Waals surface area contributed by atoms with Gasteiger partial charge in [0.1, 0.15) is 6.29 Å². The summed E-state index contributed by atoms with van der Waals surface area (Å²) in [5.41, 5.74) is 3.04. The Kier molecular flexibility index (Phi) is 7.50. The molecule has 1 heterocycles. The Morgan fingerprint density at radius 3 is 2.32 bits per heavy atom. The molecule has 0 spiro atoms. The maximum Gasteiger partial charge on any atom is 0.281 e. The molecule has 3 aromatic rings. The second kappa shape index (κ2) is 10.7. The first-order chi connectivity index (χ1) is 16.5. The van der Waals surface area contributed by atoms with Crippen molar-refractivity contribution in [1.29, 1.82) is 0 Å². The predicted molar refractivity (Wildman–Crippen MR) is 132 cm³/mol. The van der Waals surface area contributed by atoms with Crippen molar-refractivity contribution in [2.45, 2.75) is 19.4 Å². The minimum absolute atomic E-state index is 0.248. The number of hydrogen-bond acceptors (Lipinski definition) is 5. The van der Waals surface area contributed by atoms with Gasteiger partial charge < -0.3 is 9.47 Å². The summed E-state index contributed by atoms with van der Waals surface area (Å²) in [4.78, 5) is 24.3. The molecule has 0 fully saturated rings. The second-order valence-corrected chi connectivity index (χ2v) is 8.48. The van der Waals surface area contributed by atoms with Gasteiger partial charge in [-0.1, -0.05) is 47.5 Å². The van der Waals surface area contributed by atoms with Gasteiger partial charge in [-0.15, -0.1) is 0 Å². The molecule has 1 aliphatic heterocycles. The summed E-state index contributed by atoms with van der Waals surface area (Å²) in [7, 11) is 0. The Morgan fingerprint density at radius 1 is 1.00 bits per heavy atom. The third-order valence-corrected chi connectivity index (χ3v) is 5.86. The van der Waals surface area contributed by atoms with Gasteiger partial charge in [-0.2, -0.15) is 5.10 Å². The zero-order chi connectivity index (χ0) is 24.1. The van der Waals surface area contributed by atoms with Crippen LogP contribution in [-0.2, 0) is 4.79 Å². The number of amides is 1. The maximum atomic E-state index is 13.2. The molecule has 174 valence electrons. The van der Waals surface area contributed by atoms with Crippen LogP contribution in [0.25, 0.3) is 0 Å². The van der Waals surface area contributed by atoms with Crippen molar-refractivity contribution >= 4 is 41.1 Å². The summed E-state index contributed by atoms with van der Waals surface area (Å²) in [6.07, 6.45) is 1.26. The molecule has 0 aliphatic carbocycles. The van der Waals surface area contributed by atoms with Gasteiger partial charge >= 0.3 is 0 Å². The van der Waals surface area contributed by atoms with Crippen molar-refractivity contribution in [1.82, 2.24) is 5.01 Å². The summed E-state index contributed by atoms with van der Waals surface area (Å²) in [6.45, 7) is 1.98. The number of aldehydes is 1. The molecule has 1 aliphatic rings. The van der Waals surface area contributed by atoms with Gasteiger partial charge in [-0.25, -0.2) is 5.01 Å². The summed E-state index contributed by atoms with van der Waals surface area (Å²) in [6, 6.07) is 19.2. The molecule has 1 unspecified atom stereocenters. The molecule has 8 heteroatoms. The van der Waals surface area contributed by atoms with Crippen LogP contribution in [0.5, 0.6) is 11.5 Å². The van der Waals surface area contributed by atoms with Crippen LogP contribution in [-0.4, -0.2) is 36.1 Å². The highest BCUT2D eigenvalue weighted by atomic mass is 35.5. The van der Waals surface area contributed by atoms with E-state index in [4.69, 9.17) is 32.7 Å². The molecule has 4 rings (SSSR count). The number of hydrazone groups is 1. The predicted octanol–water partition coefficient (Wildman–Crippen LogP) is 5.96. The Balaban J connectivity index is 1.58. The van der Waals surface area contributed by atoms with E-state index in [-0.39, 0.29) is 18.6 Å². The Hall–Kier alpha value is -3.35. The molecule has 0 bridgehead atoms. The number of carbonyl (C=O) groups is 2. The molecule has 0 saturated carbocycles. The number of nitrogens with zero attached hydrogens (tertiary/aromatic N) is 2. The number of benzene rings is 3. The molecule has 1 atom stereocenters. The van der Waals surface area contributed by atoms with Gasteiger partial charge in [0.2, 0.25) is 0 Å². The Morgan fingerprint density at radius 2 is 1.68 bits per heavy atom. The molecule has 6 nitrogen and oxygen atoms in total. The van der Waals surface area contributed by atoms with Crippen molar-refractivity contribution < 1.29 is 19.1 Å². The molecule has 3 aromatic carbocycles. The van der Waals surface area contributed by atoms with Gasteiger partial charge in [0.15, 0.2) is 18.1 Å². The zero-order valence-electron chi connectivity index (χ0n) is 18.4. The van der Waals surface area contributed by atoms with Crippen molar-refractivity contribution in [2.24, 2.45) is 5.10 Å². The Bertz CT molecular complexity index is 1210. The fourth-order valence-corrected chi connectivity index (χ4v) is 3.94. The maximum absolute atomic E-state index is 13.2. The van der Waals surface area contributed by atoms with E-state index in [0.717, 1.165) is 23.1 Å². The first-order valence-electron chi connectivity index (χ1n) is 10.7. The van der Waals surface area contributed by atoms with Gasteiger partial charge in [0, 0.05) is 22.0 Å². The smallest absolute Gasteiger partial charge is 0.281 e. The van der Waals surface area contributed by atoms with Crippen LogP contribution in [0.1, 0.15) is 40.9 Å². The van der Waals surface area contributed by atoms with Crippen LogP contribution in [0.4, 0.5) is 0 Å². The zero-order valence-corrected chi connectivity index (χ0v) is 19.9. The summed E-state index contributed by atoms with van der Waals surface area (Å²) < 4.78 is 11.3. The summed E-state index contributed by atoms with van der Waals surface area (Å²) in [5, 5.41) is 7.33. The first kappa shape index (κ1) is 23.8. The lowest BCUT2D eigenvalue weighted by molar-refractivity contribution is -0.135. The van der Waals surface area contributed by atoms with Gasteiger partial charge in [-0.05, 0) is 60.5 Å². The SMILES string of the molecule is CCOc1cc(C=O)ccc1OCC(=O)N1N=C(c2ccc(Cl)cc2)CC1c1ccc(Cl)cc1. The van der Waals surface area contributed by atoms with Crippen LogP contribution in [0.3, 0.4) is 0 Å². The topological polar surface area (TPSA) is 68.2 Å². The van der Waals surface area contributed by atoms with Crippen molar-refractivity contribution in [2.75, 3.05) is 13.2 Å². The van der Waals surface area contributed by atoms with E-state index in [2.05, 4.69) is 5.10 Å². The van der Waals surface area contributed by atoms with E-state index in [9.17, 15) is 9.59 Å². The third-order valence-electron chi connectivity index (χ3n) is 5.35. The summed E-state index contributed by atoms with van der Waals surface area (Å²) >= 11 is 12.1. The fraction of sp³-hybridized carbons (Fsp3) is 0.192. The number of carbonyl (C=O) groups excluding carboxylic acids is 2. The monoisotopic (exact) mass is 496 g/mol. The van der Waals surface area contributed by atoms with Crippen LogP contribution in [0.2, 0.25) is 10.0 Å². The highest BCUT2D eigenvalue weighted by molar-refractivity contribution is 6.31. The number of ether oxygens (including phenoxy) is 2. The second-order valence-electron chi connectivity index (χ2n) is 7.61. The van der Waals surface area contributed by atoms with E-state index in [1.165, 1.54) is 5.01 Å². The van der Waals surface area contributed by atoms with Crippen LogP contribution in [0.15, 0.2) is 71.8 Å². The third kappa shape index (κ3) is 5.41. The van der Waals surface area contributed by atoms with E-state index < -0.39 is 0 Å². The number of halogens is 2. The highest BCUT2D eigenvalue weighted by Crippen LogP contribution is 2.34. The Labute approximate surface area is 207 Å². The van der Waals surface area contributed by atoms with E-state index in [1.54, 1.807) is 42.5 Å². The molecule has 0 aromatic heterocycles. The average Bonchev–Trinajstić information content (AvgIpc) is 3.29. The number of rotatable bonds is 8. The quantitative estimate of drug-likeness (QED) is 0.360. The largest absolute Gasteiger partial charge is 0.490 e. The van der Waals surface area contributed by atoms with E-state index in [1.807, 2.05) is 31.2 Å². The van der Waals surface area contributed by atoms with Gasteiger partial charge in [-0.3, -0.25) is 9.59 Å². The lowest BCUT2D eigenvalue weighted by Gasteiger charge is -2.22. The average molecular weight is 497 g/mol. The molecular formula is C26H22Cl2N2O4. The van der Waals surface area contributed by atoms with E-state index >= 15 is 0 Å². The molecule has 34 heavy (non-hydrogen) atoms. The van der Waals surface area contributed by atoms with Crippen LogP contribution in [0, 0.1) is 0 Å². The first-order valence-corrected chi connectivity index (χ1v) is 11.5. The molecule has 0 radical (unpaired) electrons. The van der Waals surface area contributed by atoms with E-state index in [0.29, 0.717) is 40.1 Å².